The van der Waals surface area contributed by atoms with Crippen LogP contribution in [0.5, 0.6) is 0 Å². The second-order valence-corrected chi connectivity index (χ2v) is 15.6. The molecule has 3 nitrogen and oxygen atoms in total. The van der Waals surface area contributed by atoms with Crippen LogP contribution >= 0.6 is 0 Å². The molecule has 0 unspecified atom stereocenters. The fourth-order valence-corrected chi connectivity index (χ4v) is 9.67. The Labute approximate surface area is 319 Å². The first kappa shape index (κ1) is 30.7. The summed E-state index contributed by atoms with van der Waals surface area (Å²) in [6.45, 7) is 4.71. The van der Waals surface area contributed by atoms with Crippen molar-refractivity contribution in [2.45, 2.75) is 19.3 Å². The van der Waals surface area contributed by atoms with Gasteiger partial charge in [-0.05, 0) is 92.9 Å². The van der Waals surface area contributed by atoms with Crippen molar-refractivity contribution in [2.75, 3.05) is 5.32 Å². The highest BCUT2D eigenvalue weighted by molar-refractivity contribution is 6.73. The molecular formula is C51H34BN2O. The van der Waals surface area contributed by atoms with Crippen LogP contribution in [0.3, 0.4) is 0 Å². The number of hydrogen-bond donors (Lipinski definition) is 1. The zero-order chi connectivity index (χ0) is 36.4. The molecule has 0 spiro atoms. The van der Waals surface area contributed by atoms with Crippen molar-refractivity contribution in [1.29, 1.82) is 0 Å². The fourth-order valence-electron chi connectivity index (χ4n) is 9.67. The molecule has 55 heavy (non-hydrogen) atoms. The predicted molar refractivity (Wildman–Crippen MR) is 231 cm³/mol. The summed E-state index contributed by atoms with van der Waals surface area (Å²) >= 11 is 0. The van der Waals surface area contributed by atoms with Gasteiger partial charge >= 0.3 is 0 Å². The number of anilines is 2. The number of furan rings is 1. The van der Waals surface area contributed by atoms with Crippen LogP contribution < -0.4 is 16.2 Å². The highest BCUT2D eigenvalue weighted by atomic mass is 16.3. The molecule has 3 heterocycles. The number of hydrogen-bond acceptors (Lipinski definition) is 2. The number of benzene rings is 8. The third-order valence-corrected chi connectivity index (χ3v) is 12.2. The number of aromatic nitrogens is 1. The highest BCUT2D eigenvalue weighted by Gasteiger charge is 2.36. The first-order chi connectivity index (χ1) is 27.0. The summed E-state index contributed by atoms with van der Waals surface area (Å²) in [4.78, 5) is 0. The van der Waals surface area contributed by atoms with Gasteiger partial charge in [0, 0.05) is 55.5 Å². The van der Waals surface area contributed by atoms with Crippen LogP contribution in [0.2, 0.25) is 0 Å². The van der Waals surface area contributed by atoms with Crippen molar-refractivity contribution in [3.05, 3.63) is 175 Å². The number of para-hydroxylation sites is 4. The summed E-state index contributed by atoms with van der Waals surface area (Å²) in [7, 11) is 2.40. The second kappa shape index (κ2) is 11.1. The fraction of sp³-hybridized carbons (Fsp3) is 0.0588. The monoisotopic (exact) mass is 701 g/mol. The first-order valence-electron chi connectivity index (χ1n) is 19.1. The van der Waals surface area contributed by atoms with Crippen LogP contribution in [0.15, 0.2) is 168 Å². The molecule has 2 aliphatic rings. The van der Waals surface area contributed by atoms with Gasteiger partial charge in [-0.2, -0.15) is 0 Å². The molecule has 0 amide bonds. The molecule has 1 aliphatic carbocycles. The predicted octanol–water partition coefficient (Wildman–Crippen LogP) is 12.0. The molecule has 0 saturated carbocycles. The lowest BCUT2D eigenvalue weighted by molar-refractivity contribution is 0.660. The maximum absolute atomic E-state index is 6.49. The summed E-state index contributed by atoms with van der Waals surface area (Å²) in [5.74, 6) is 0. The standard InChI is InChI=1S/C51H34BN2O/c1-51(2)40-19-9-6-16-32(40)36-26-30(24-25-41(36)51)35-27-39(49-50-48(35)34-18-7-11-21-44(34)54(50)45-22-12-10-20-42(45)52-49)37-28-38-33-17-8-13-23-46(33)55-47(38)29-43(37)53-31-14-4-3-5-15-31/h3-29,53H,1-2H3. The largest absolute Gasteiger partial charge is 0.456 e. The van der Waals surface area contributed by atoms with Crippen molar-refractivity contribution >= 4 is 73.3 Å². The van der Waals surface area contributed by atoms with Gasteiger partial charge in [-0.1, -0.05) is 129 Å². The van der Waals surface area contributed by atoms with E-state index in [9.17, 15) is 0 Å². The molecule has 10 aromatic rings. The second-order valence-electron chi connectivity index (χ2n) is 15.6. The normalized spacial score (nSPS) is 13.6. The van der Waals surface area contributed by atoms with Crippen molar-refractivity contribution in [3.63, 3.8) is 0 Å². The molecule has 257 valence electrons. The summed E-state index contributed by atoms with van der Waals surface area (Å²) in [5, 5.41) is 8.57. The molecule has 1 aliphatic heterocycles. The average Bonchev–Trinajstić information content (AvgIpc) is 3.84. The molecule has 0 bridgehead atoms. The lowest BCUT2D eigenvalue weighted by Gasteiger charge is -2.25. The van der Waals surface area contributed by atoms with E-state index in [1.54, 1.807) is 0 Å². The van der Waals surface area contributed by atoms with Gasteiger partial charge < -0.3 is 14.3 Å². The third-order valence-electron chi connectivity index (χ3n) is 12.2. The quantitative estimate of drug-likeness (QED) is 0.185. The van der Waals surface area contributed by atoms with E-state index in [0.717, 1.165) is 38.9 Å². The van der Waals surface area contributed by atoms with Crippen LogP contribution in [0.1, 0.15) is 25.0 Å². The number of fused-ring (bicyclic) bond motifs is 11. The van der Waals surface area contributed by atoms with E-state index in [0.29, 0.717) is 0 Å². The topological polar surface area (TPSA) is 30.1 Å². The lowest BCUT2D eigenvalue weighted by atomic mass is 9.58. The van der Waals surface area contributed by atoms with Crippen molar-refractivity contribution in [2.24, 2.45) is 0 Å². The Hall–Kier alpha value is -6.78. The van der Waals surface area contributed by atoms with Gasteiger partial charge in [-0.25, -0.2) is 0 Å². The van der Waals surface area contributed by atoms with E-state index in [1.807, 2.05) is 6.07 Å². The van der Waals surface area contributed by atoms with Gasteiger partial charge in [-0.15, -0.1) is 0 Å². The maximum atomic E-state index is 6.49. The van der Waals surface area contributed by atoms with Gasteiger partial charge in [-0.3, -0.25) is 0 Å². The molecule has 1 radical (unpaired) electrons. The van der Waals surface area contributed by atoms with Gasteiger partial charge in [0.15, 0.2) is 7.28 Å². The molecule has 1 N–H and O–H groups in total. The Kier molecular flexibility index (Phi) is 6.20. The van der Waals surface area contributed by atoms with Gasteiger partial charge in [0.2, 0.25) is 0 Å². The first-order valence-corrected chi connectivity index (χ1v) is 19.1. The molecule has 2 aromatic heterocycles. The number of nitrogens with zero attached hydrogens (tertiary/aromatic N) is 1. The molecule has 4 heteroatoms. The van der Waals surface area contributed by atoms with E-state index in [4.69, 9.17) is 4.42 Å². The molecule has 8 aromatic carbocycles. The Morgan fingerprint density at radius 1 is 0.545 bits per heavy atom. The van der Waals surface area contributed by atoms with E-state index in [1.165, 1.54) is 77.4 Å². The van der Waals surface area contributed by atoms with Crippen molar-refractivity contribution in [1.82, 2.24) is 4.57 Å². The van der Waals surface area contributed by atoms with Crippen LogP contribution in [-0.4, -0.2) is 11.8 Å². The van der Waals surface area contributed by atoms with Crippen LogP contribution in [0.4, 0.5) is 11.4 Å². The summed E-state index contributed by atoms with van der Waals surface area (Å²) in [6, 6.07) is 59.6. The van der Waals surface area contributed by atoms with Gasteiger partial charge in [0.25, 0.3) is 0 Å². The Balaban J connectivity index is 1.22. The van der Waals surface area contributed by atoms with Gasteiger partial charge in [0.1, 0.15) is 11.2 Å². The Morgan fingerprint density at radius 3 is 2.20 bits per heavy atom. The van der Waals surface area contributed by atoms with E-state index in [2.05, 4.69) is 189 Å². The summed E-state index contributed by atoms with van der Waals surface area (Å²) in [6.07, 6.45) is 0. The molecule has 12 rings (SSSR count). The Morgan fingerprint density at radius 2 is 1.29 bits per heavy atom. The SMILES string of the molecule is CC1(C)c2ccccc2-c2cc(-c3cc(-c4cc5c(cc4Nc4ccccc4)oc4ccccc45)c4c5c3c3ccccc3n5-c3ccccc3[B]4)ccc21. The van der Waals surface area contributed by atoms with Crippen LogP contribution in [0.25, 0.3) is 82.8 Å². The molecule has 0 fully saturated rings. The molecule has 0 saturated heterocycles. The van der Waals surface area contributed by atoms with Crippen molar-refractivity contribution < 1.29 is 4.42 Å². The Bertz CT molecular complexity index is 3240. The number of rotatable bonds is 4. The zero-order valence-electron chi connectivity index (χ0n) is 30.5. The zero-order valence-corrected chi connectivity index (χ0v) is 30.5. The van der Waals surface area contributed by atoms with Crippen LogP contribution in [0, 0.1) is 0 Å². The highest BCUT2D eigenvalue weighted by Crippen LogP contribution is 2.51. The minimum atomic E-state index is -0.0644. The van der Waals surface area contributed by atoms with Crippen LogP contribution in [-0.2, 0) is 5.41 Å². The van der Waals surface area contributed by atoms with Gasteiger partial charge in [0.05, 0.1) is 11.2 Å². The van der Waals surface area contributed by atoms with Crippen molar-refractivity contribution in [3.8, 4) is 39.1 Å². The molecule has 0 atom stereocenters. The lowest BCUT2D eigenvalue weighted by Crippen LogP contribution is -2.37. The third kappa shape index (κ3) is 4.28. The smallest absolute Gasteiger partial charge is 0.197 e. The average molecular weight is 702 g/mol. The number of nitrogens with one attached hydrogen (secondary N) is 1. The minimum Gasteiger partial charge on any atom is -0.456 e. The maximum Gasteiger partial charge on any atom is 0.197 e. The van der Waals surface area contributed by atoms with E-state index in [-0.39, 0.29) is 5.41 Å². The summed E-state index contributed by atoms with van der Waals surface area (Å²) in [5.41, 5.74) is 19.9. The summed E-state index contributed by atoms with van der Waals surface area (Å²) < 4.78 is 9.00. The van der Waals surface area contributed by atoms with E-state index >= 15 is 0 Å². The molecular weight excluding hydrogens is 667 g/mol. The van der Waals surface area contributed by atoms with E-state index < -0.39 is 0 Å². The minimum absolute atomic E-state index is 0.0644.